The summed E-state index contributed by atoms with van der Waals surface area (Å²) in [5, 5.41) is 14.2. The number of alkyl carbamates (subject to hydrolysis) is 1. The third kappa shape index (κ3) is 5.63. The van der Waals surface area contributed by atoms with Gasteiger partial charge in [-0.2, -0.15) is 0 Å². The molecule has 164 valence electrons. The Kier molecular flexibility index (Phi) is 7.65. The predicted molar refractivity (Wildman–Crippen MR) is 117 cm³/mol. The zero-order valence-electron chi connectivity index (χ0n) is 17.6. The molecule has 0 aromatic heterocycles. The molecule has 0 aliphatic heterocycles. The molecule has 0 heterocycles. The smallest absolute Gasteiger partial charge is 0.407 e. The number of hydrogen-bond donors (Lipinski definition) is 3. The van der Waals surface area contributed by atoms with Crippen LogP contribution in [0.1, 0.15) is 49.7 Å². The minimum Gasteiger partial charge on any atom is -0.480 e. The zero-order chi connectivity index (χ0) is 22.2. The summed E-state index contributed by atoms with van der Waals surface area (Å²) in [5.41, 5.74) is 4.56. The molecule has 0 radical (unpaired) electrons. The van der Waals surface area contributed by atoms with Gasteiger partial charge in [0.1, 0.15) is 12.6 Å². The highest BCUT2D eigenvalue weighted by atomic mass is 16.5. The van der Waals surface area contributed by atoms with E-state index in [0.717, 1.165) is 35.1 Å². The van der Waals surface area contributed by atoms with Gasteiger partial charge in [-0.1, -0.05) is 68.3 Å². The number of fused-ring (bicyclic) bond motifs is 3. The molecule has 2 amide bonds. The third-order valence-corrected chi connectivity index (χ3v) is 5.44. The molecule has 0 bridgehead atoms. The quantitative estimate of drug-likeness (QED) is 0.540. The number of amides is 2. The van der Waals surface area contributed by atoms with Crippen molar-refractivity contribution in [2.75, 3.05) is 13.2 Å². The van der Waals surface area contributed by atoms with Crippen molar-refractivity contribution >= 4 is 18.0 Å². The Morgan fingerprint density at radius 1 is 1.03 bits per heavy atom. The van der Waals surface area contributed by atoms with E-state index >= 15 is 0 Å². The maximum absolute atomic E-state index is 12.1. The number of aliphatic carboxylic acids is 1. The zero-order valence-corrected chi connectivity index (χ0v) is 17.6. The third-order valence-electron chi connectivity index (χ3n) is 5.44. The van der Waals surface area contributed by atoms with Gasteiger partial charge in [0.05, 0.1) is 0 Å². The molecule has 1 aliphatic carbocycles. The maximum Gasteiger partial charge on any atom is 0.407 e. The lowest BCUT2D eigenvalue weighted by Gasteiger charge is -2.15. The molecule has 1 unspecified atom stereocenters. The van der Waals surface area contributed by atoms with Crippen LogP contribution in [0.3, 0.4) is 0 Å². The van der Waals surface area contributed by atoms with E-state index in [4.69, 9.17) is 4.74 Å². The Hall–Kier alpha value is -3.35. The minimum atomic E-state index is -1.05. The van der Waals surface area contributed by atoms with Crippen LogP contribution in [-0.4, -0.2) is 42.3 Å². The van der Waals surface area contributed by atoms with Crippen molar-refractivity contribution in [3.05, 3.63) is 59.7 Å². The molecule has 1 aliphatic rings. The lowest BCUT2D eigenvalue weighted by molar-refractivity contribution is -0.142. The van der Waals surface area contributed by atoms with Crippen molar-refractivity contribution < 1.29 is 24.2 Å². The Morgan fingerprint density at radius 3 is 2.23 bits per heavy atom. The van der Waals surface area contributed by atoms with E-state index in [0.29, 0.717) is 6.42 Å². The van der Waals surface area contributed by atoms with Gasteiger partial charge in [-0.3, -0.25) is 4.79 Å². The van der Waals surface area contributed by atoms with Gasteiger partial charge in [0.25, 0.3) is 0 Å². The summed E-state index contributed by atoms with van der Waals surface area (Å²) in [5.74, 6) is -1.50. The first-order valence-electron chi connectivity index (χ1n) is 10.6. The second-order valence-corrected chi connectivity index (χ2v) is 7.60. The number of rotatable bonds is 10. The van der Waals surface area contributed by atoms with E-state index < -0.39 is 24.0 Å². The van der Waals surface area contributed by atoms with Crippen molar-refractivity contribution in [3.8, 4) is 11.1 Å². The SMILES string of the molecule is CCCCC(NC(=O)CCNC(=O)OCC1c2ccccc2-c2ccccc21)C(=O)O. The highest BCUT2D eigenvalue weighted by Crippen LogP contribution is 2.44. The molecule has 0 fully saturated rings. The molecule has 0 spiro atoms. The minimum absolute atomic E-state index is 0.0138. The molecule has 0 saturated heterocycles. The first-order valence-corrected chi connectivity index (χ1v) is 10.6. The fourth-order valence-corrected chi connectivity index (χ4v) is 3.86. The van der Waals surface area contributed by atoms with E-state index in [1.165, 1.54) is 0 Å². The van der Waals surface area contributed by atoms with Crippen LogP contribution in [0.5, 0.6) is 0 Å². The van der Waals surface area contributed by atoms with Crippen LogP contribution in [0, 0.1) is 0 Å². The number of carbonyl (C=O) groups is 3. The van der Waals surface area contributed by atoms with Crippen LogP contribution in [0.4, 0.5) is 4.79 Å². The summed E-state index contributed by atoms with van der Waals surface area (Å²) in [6.07, 6.45) is 1.34. The van der Waals surface area contributed by atoms with Gasteiger partial charge < -0.3 is 20.5 Å². The summed E-state index contributed by atoms with van der Waals surface area (Å²) in [6.45, 7) is 2.23. The van der Waals surface area contributed by atoms with Gasteiger partial charge in [0.2, 0.25) is 5.91 Å². The van der Waals surface area contributed by atoms with Crippen LogP contribution in [0.25, 0.3) is 11.1 Å². The monoisotopic (exact) mass is 424 g/mol. The number of benzene rings is 2. The van der Waals surface area contributed by atoms with Crippen molar-refractivity contribution in [2.45, 2.75) is 44.6 Å². The summed E-state index contributed by atoms with van der Waals surface area (Å²) >= 11 is 0. The highest BCUT2D eigenvalue weighted by molar-refractivity contribution is 5.84. The first-order chi connectivity index (χ1) is 15.0. The average molecular weight is 424 g/mol. The number of carboxylic acids is 1. The van der Waals surface area contributed by atoms with Gasteiger partial charge in [0.15, 0.2) is 0 Å². The van der Waals surface area contributed by atoms with E-state index in [9.17, 15) is 19.5 Å². The Balaban J connectivity index is 1.46. The number of carbonyl (C=O) groups excluding carboxylic acids is 2. The number of unbranched alkanes of at least 4 members (excludes halogenated alkanes) is 1. The summed E-state index contributed by atoms with van der Waals surface area (Å²) in [7, 11) is 0. The van der Waals surface area contributed by atoms with Crippen molar-refractivity contribution in [1.82, 2.24) is 10.6 Å². The Bertz CT molecular complexity index is 898. The lowest BCUT2D eigenvalue weighted by atomic mass is 9.98. The van der Waals surface area contributed by atoms with Gasteiger partial charge in [0, 0.05) is 18.9 Å². The van der Waals surface area contributed by atoms with Crippen LogP contribution in [-0.2, 0) is 14.3 Å². The number of nitrogens with one attached hydrogen (secondary N) is 2. The number of ether oxygens (including phenoxy) is 1. The van der Waals surface area contributed by atoms with E-state index in [1.54, 1.807) is 0 Å². The summed E-state index contributed by atoms with van der Waals surface area (Å²) in [4.78, 5) is 35.3. The average Bonchev–Trinajstić information content (AvgIpc) is 3.09. The summed E-state index contributed by atoms with van der Waals surface area (Å²) in [6, 6.07) is 15.3. The molecule has 1 atom stereocenters. The van der Waals surface area contributed by atoms with Crippen LogP contribution >= 0.6 is 0 Å². The molecule has 7 nitrogen and oxygen atoms in total. The molecule has 31 heavy (non-hydrogen) atoms. The topological polar surface area (TPSA) is 105 Å². The molecular weight excluding hydrogens is 396 g/mol. The van der Waals surface area contributed by atoms with Crippen molar-refractivity contribution in [2.24, 2.45) is 0 Å². The van der Waals surface area contributed by atoms with Gasteiger partial charge >= 0.3 is 12.1 Å². The molecule has 0 saturated carbocycles. The van der Waals surface area contributed by atoms with E-state index in [2.05, 4.69) is 22.8 Å². The number of hydrogen-bond acceptors (Lipinski definition) is 4. The molecule has 7 heteroatoms. The maximum atomic E-state index is 12.1. The molecule has 3 rings (SSSR count). The normalized spacial score (nSPS) is 13.1. The van der Waals surface area contributed by atoms with Crippen LogP contribution in [0.15, 0.2) is 48.5 Å². The highest BCUT2D eigenvalue weighted by Gasteiger charge is 2.29. The van der Waals surface area contributed by atoms with Crippen LogP contribution in [0.2, 0.25) is 0 Å². The fourth-order valence-electron chi connectivity index (χ4n) is 3.86. The van der Waals surface area contributed by atoms with Gasteiger partial charge in [-0.25, -0.2) is 9.59 Å². The Labute approximate surface area is 181 Å². The summed E-state index contributed by atoms with van der Waals surface area (Å²) < 4.78 is 5.42. The van der Waals surface area contributed by atoms with Gasteiger partial charge in [-0.15, -0.1) is 0 Å². The predicted octanol–water partition coefficient (Wildman–Crippen LogP) is 3.67. The fraction of sp³-hybridized carbons (Fsp3) is 0.375. The standard InChI is InChI=1S/C24H28N2O5/c1-2-3-12-21(23(28)29)26-22(27)13-14-25-24(30)31-15-20-18-10-6-4-8-16(18)17-9-5-7-11-19(17)20/h4-11,20-21H,2-3,12-15H2,1H3,(H,25,30)(H,26,27)(H,28,29). The Morgan fingerprint density at radius 2 is 1.65 bits per heavy atom. The van der Waals surface area contributed by atoms with E-state index in [-0.39, 0.29) is 25.5 Å². The molecule has 2 aromatic carbocycles. The molecule has 3 N–H and O–H groups in total. The van der Waals surface area contributed by atoms with Crippen molar-refractivity contribution in [1.29, 1.82) is 0 Å². The van der Waals surface area contributed by atoms with Crippen LogP contribution < -0.4 is 10.6 Å². The lowest BCUT2D eigenvalue weighted by Crippen LogP contribution is -2.42. The second-order valence-electron chi connectivity index (χ2n) is 7.60. The van der Waals surface area contributed by atoms with Gasteiger partial charge in [-0.05, 0) is 28.7 Å². The molecule has 2 aromatic rings. The first kappa shape index (κ1) is 22.3. The van der Waals surface area contributed by atoms with Crippen molar-refractivity contribution in [3.63, 3.8) is 0 Å². The van der Waals surface area contributed by atoms with E-state index in [1.807, 2.05) is 43.3 Å². The number of carboxylic acid groups (broad SMARTS) is 1. The second kappa shape index (κ2) is 10.6. The molecular formula is C24H28N2O5. The largest absolute Gasteiger partial charge is 0.480 e.